The number of nitrogens with one attached hydrogen (secondary N) is 1. The fourth-order valence-electron chi connectivity index (χ4n) is 2.25. The summed E-state index contributed by atoms with van der Waals surface area (Å²) in [6, 6.07) is 8.87. The molecule has 0 aliphatic rings. The molecule has 0 atom stereocenters. The van der Waals surface area contributed by atoms with Crippen molar-refractivity contribution in [2.75, 3.05) is 18.5 Å². The van der Waals surface area contributed by atoms with Gasteiger partial charge in [-0.25, -0.2) is 4.98 Å². The third kappa shape index (κ3) is 4.41. The van der Waals surface area contributed by atoms with Gasteiger partial charge in [-0.2, -0.15) is 22.7 Å². The van der Waals surface area contributed by atoms with Gasteiger partial charge in [-0.1, -0.05) is 23.7 Å². The maximum Gasteiger partial charge on any atom is 0.453 e. The number of hydrogen-bond acceptors (Lipinski definition) is 5. The van der Waals surface area contributed by atoms with E-state index in [0.717, 1.165) is 10.1 Å². The molecule has 0 aliphatic carbocycles. The third-order valence-electron chi connectivity index (χ3n) is 3.43. The average Bonchev–Trinajstić information content (AvgIpc) is 3.00. The van der Waals surface area contributed by atoms with Gasteiger partial charge >= 0.3 is 6.18 Å². The highest BCUT2D eigenvalue weighted by Gasteiger charge is 2.36. The SMILES string of the molecule is Cc1cc(NCCOCc2ccc(Cl)cc2)n2nc(C(F)(F)F)nc2n1. The molecule has 0 saturated carbocycles. The van der Waals surface area contributed by atoms with Crippen molar-refractivity contribution < 1.29 is 17.9 Å². The van der Waals surface area contributed by atoms with Gasteiger partial charge in [0.15, 0.2) is 0 Å². The van der Waals surface area contributed by atoms with Gasteiger partial charge in [0.05, 0.1) is 13.2 Å². The van der Waals surface area contributed by atoms with Gasteiger partial charge in [0.1, 0.15) is 5.82 Å². The highest BCUT2D eigenvalue weighted by molar-refractivity contribution is 6.30. The van der Waals surface area contributed by atoms with Crippen LogP contribution in [0.4, 0.5) is 19.0 Å². The molecule has 138 valence electrons. The molecule has 3 aromatic rings. The summed E-state index contributed by atoms with van der Waals surface area (Å²) in [5.74, 6) is -0.967. The van der Waals surface area contributed by atoms with Crippen LogP contribution in [0.15, 0.2) is 30.3 Å². The molecule has 0 unspecified atom stereocenters. The molecule has 3 rings (SSSR count). The molecule has 26 heavy (non-hydrogen) atoms. The van der Waals surface area contributed by atoms with Gasteiger partial charge in [-0.05, 0) is 24.6 Å². The lowest BCUT2D eigenvalue weighted by molar-refractivity contribution is -0.144. The second-order valence-corrected chi connectivity index (χ2v) is 5.97. The average molecular weight is 386 g/mol. The smallest absolute Gasteiger partial charge is 0.375 e. The zero-order valence-corrected chi connectivity index (χ0v) is 14.5. The maximum absolute atomic E-state index is 12.8. The Labute approximate surface area is 152 Å². The summed E-state index contributed by atoms with van der Waals surface area (Å²) in [7, 11) is 0. The minimum atomic E-state index is -4.62. The molecule has 0 radical (unpaired) electrons. The Morgan fingerprint density at radius 3 is 2.62 bits per heavy atom. The van der Waals surface area contributed by atoms with E-state index in [0.29, 0.717) is 36.3 Å². The molecule has 0 bridgehead atoms. The molecule has 2 aromatic heterocycles. The van der Waals surface area contributed by atoms with E-state index in [-0.39, 0.29) is 5.78 Å². The third-order valence-corrected chi connectivity index (χ3v) is 3.68. The van der Waals surface area contributed by atoms with Crippen LogP contribution < -0.4 is 5.32 Å². The number of nitrogens with zero attached hydrogens (tertiary/aromatic N) is 4. The van der Waals surface area contributed by atoms with Crippen LogP contribution in [0.25, 0.3) is 5.78 Å². The molecule has 2 heterocycles. The van der Waals surface area contributed by atoms with Crippen LogP contribution in [-0.2, 0) is 17.5 Å². The van der Waals surface area contributed by atoms with Crippen LogP contribution in [0, 0.1) is 6.92 Å². The summed E-state index contributed by atoms with van der Waals surface area (Å²) in [6.07, 6.45) is -4.62. The van der Waals surface area contributed by atoms with Crippen molar-refractivity contribution >= 4 is 23.2 Å². The zero-order valence-electron chi connectivity index (χ0n) is 13.7. The van der Waals surface area contributed by atoms with Crippen LogP contribution in [-0.4, -0.2) is 32.7 Å². The van der Waals surface area contributed by atoms with Crippen molar-refractivity contribution in [3.8, 4) is 0 Å². The van der Waals surface area contributed by atoms with E-state index >= 15 is 0 Å². The first kappa shape index (κ1) is 18.4. The Kier molecular flexibility index (Phi) is 5.28. The number of halogens is 4. The van der Waals surface area contributed by atoms with E-state index in [1.165, 1.54) is 0 Å². The molecule has 0 aliphatic heterocycles. The molecular formula is C16H15ClF3N5O. The zero-order chi connectivity index (χ0) is 18.7. The molecule has 10 heteroatoms. The number of fused-ring (bicyclic) bond motifs is 1. The largest absolute Gasteiger partial charge is 0.453 e. The number of benzene rings is 1. The maximum atomic E-state index is 12.8. The molecule has 0 spiro atoms. The Bertz CT molecular complexity index is 895. The van der Waals surface area contributed by atoms with Gasteiger partial charge < -0.3 is 10.1 Å². The molecule has 6 nitrogen and oxygen atoms in total. The standard InChI is InChI=1S/C16H15ClF3N5O/c1-10-8-13(25-15(22-10)23-14(24-25)16(18,19)20)21-6-7-26-9-11-2-4-12(17)5-3-11/h2-5,8,21H,6-7,9H2,1H3. The van der Waals surface area contributed by atoms with E-state index < -0.39 is 12.0 Å². The quantitative estimate of drug-likeness (QED) is 0.655. The number of alkyl halides is 3. The summed E-state index contributed by atoms with van der Waals surface area (Å²) in [6.45, 7) is 2.81. The Morgan fingerprint density at radius 1 is 1.19 bits per heavy atom. The fourth-order valence-corrected chi connectivity index (χ4v) is 2.38. The lowest BCUT2D eigenvalue weighted by atomic mass is 10.2. The minimum absolute atomic E-state index is 0.109. The number of ether oxygens (including phenoxy) is 1. The predicted molar refractivity (Wildman–Crippen MR) is 90.1 cm³/mol. The monoisotopic (exact) mass is 385 g/mol. The molecule has 0 fully saturated rings. The first-order valence-corrected chi connectivity index (χ1v) is 8.08. The van der Waals surface area contributed by atoms with Crippen LogP contribution >= 0.6 is 11.6 Å². The van der Waals surface area contributed by atoms with Gasteiger partial charge in [0, 0.05) is 23.3 Å². The number of aromatic nitrogens is 4. The van der Waals surface area contributed by atoms with Crippen molar-refractivity contribution in [1.29, 1.82) is 0 Å². The first-order chi connectivity index (χ1) is 12.3. The summed E-state index contributed by atoms with van der Waals surface area (Å²) >= 11 is 5.81. The highest BCUT2D eigenvalue weighted by Crippen LogP contribution is 2.27. The molecule has 0 saturated heterocycles. The van der Waals surface area contributed by atoms with E-state index in [9.17, 15) is 13.2 Å². The lowest BCUT2D eigenvalue weighted by Gasteiger charge is -2.09. The summed E-state index contributed by atoms with van der Waals surface area (Å²) in [5.41, 5.74) is 1.51. The van der Waals surface area contributed by atoms with Crippen LogP contribution in [0.3, 0.4) is 0 Å². The van der Waals surface area contributed by atoms with Crippen molar-refractivity contribution in [3.63, 3.8) is 0 Å². The second kappa shape index (κ2) is 7.46. The Balaban J connectivity index is 1.61. The topological polar surface area (TPSA) is 64.3 Å². The van der Waals surface area contributed by atoms with Crippen LogP contribution in [0.1, 0.15) is 17.1 Å². The highest BCUT2D eigenvalue weighted by atomic mass is 35.5. The number of hydrogen-bond donors (Lipinski definition) is 1. The minimum Gasteiger partial charge on any atom is -0.375 e. The Hall–Kier alpha value is -2.39. The number of anilines is 1. The fraction of sp³-hybridized carbons (Fsp3) is 0.312. The van der Waals surface area contributed by atoms with Crippen molar-refractivity contribution in [2.24, 2.45) is 0 Å². The summed E-state index contributed by atoms with van der Waals surface area (Å²) in [4.78, 5) is 7.40. The summed E-state index contributed by atoms with van der Waals surface area (Å²) in [5, 5.41) is 7.13. The van der Waals surface area contributed by atoms with Gasteiger partial charge in [0.25, 0.3) is 11.6 Å². The van der Waals surface area contributed by atoms with E-state index in [1.807, 2.05) is 12.1 Å². The van der Waals surface area contributed by atoms with Crippen molar-refractivity contribution in [2.45, 2.75) is 19.7 Å². The van der Waals surface area contributed by atoms with Crippen LogP contribution in [0.5, 0.6) is 0 Å². The predicted octanol–water partition coefficient (Wildman–Crippen LogP) is 3.73. The molecule has 0 amide bonds. The normalized spacial score (nSPS) is 11.9. The molecular weight excluding hydrogens is 371 g/mol. The van der Waals surface area contributed by atoms with Crippen molar-refractivity contribution in [3.05, 3.63) is 52.4 Å². The lowest BCUT2D eigenvalue weighted by Crippen LogP contribution is -2.13. The van der Waals surface area contributed by atoms with Gasteiger partial charge in [0.2, 0.25) is 0 Å². The molecule has 1 aromatic carbocycles. The second-order valence-electron chi connectivity index (χ2n) is 5.53. The van der Waals surface area contributed by atoms with Crippen LogP contribution in [0.2, 0.25) is 5.02 Å². The first-order valence-electron chi connectivity index (χ1n) is 7.70. The summed E-state index contributed by atoms with van der Waals surface area (Å²) < 4.78 is 44.9. The van der Waals surface area contributed by atoms with Crippen molar-refractivity contribution in [1.82, 2.24) is 19.6 Å². The number of aryl methyl sites for hydroxylation is 1. The molecule has 1 N–H and O–H groups in total. The van der Waals surface area contributed by atoms with E-state index in [4.69, 9.17) is 16.3 Å². The van der Waals surface area contributed by atoms with E-state index in [1.54, 1.807) is 25.1 Å². The number of rotatable bonds is 6. The van der Waals surface area contributed by atoms with E-state index in [2.05, 4.69) is 20.4 Å². The Morgan fingerprint density at radius 2 is 1.92 bits per heavy atom. The van der Waals surface area contributed by atoms with Gasteiger partial charge in [-0.15, -0.1) is 5.10 Å². The van der Waals surface area contributed by atoms with Gasteiger partial charge in [-0.3, -0.25) is 0 Å².